The van der Waals surface area contributed by atoms with E-state index in [0.717, 1.165) is 5.56 Å². The van der Waals surface area contributed by atoms with Gasteiger partial charge in [0.25, 0.3) is 0 Å². The van der Waals surface area contributed by atoms with Crippen LogP contribution >= 0.6 is 0 Å². The Bertz CT molecular complexity index is 482. The highest BCUT2D eigenvalue weighted by Gasteiger charge is 2.14. The van der Waals surface area contributed by atoms with Gasteiger partial charge in [0.2, 0.25) is 5.91 Å². The van der Waals surface area contributed by atoms with E-state index in [0.29, 0.717) is 6.54 Å². The predicted octanol–water partition coefficient (Wildman–Crippen LogP) is 1.47. The van der Waals surface area contributed by atoms with Gasteiger partial charge in [-0.15, -0.1) is 0 Å². The molecule has 0 aliphatic carbocycles. The van der Waals surface area contributed by atoms with Gasteiger partial charge in [0, 0.05) is 25.8 Å². The lowest BCUT2D eigenvalue weighted by Gasteiger charge is -2.17. The van der Waals surface area contributed by atoms with E-state index in [9.17, 15) is 13.2 Å². The van der Waals surface area contributed by atoms with Crippen molar-refractivity contribution in [1.29, 1.82) is 0 Å². The average Bonchev–Trinajstić information content (AvgIpc) is 2.37. The van der Waals surface area contributed by atoms with Crippen LogP contribution in [-0.4, -0.2) is 37.8 Å². The normalized spacial score (nSPS) is 11.2. The second-order valence-corrected chi connectivity index (χ2v) is 6.69. The molecule has 1 aromatic rings. The van der Waals surface area contributed by atoms with Gasteiger partial charge in [0.15, 0.2) is 9.84 Å². The van der Waals surface area contributed by atoms with Gasteiger partial charge in [-0.1, -0.05) is 37.3 Å². The molecule has 0 saturated carbocycles. The summed E-state index contributed by atoms with van der Waals surface area (Å²) in [7, 11) is -1.38. The number of rotatable bonds is 6. The molecule has 18 heavy (non-hydrogen) atoms. The number of carbonyl (C=O) groups is 1. The van der Waals surface area contributed by atoms with Crippen LogP contribution in [0.3, 0.4) is 0 Å². The van der Waals surface area contributed by atoms with Crippen LogP contribution in [0.15, 0.2) is 30.3 Å². The molecule has 4 nitrogen and oxygen atoms in total. The Morgan fingerprint density at radius 2 is 1.83 bits per heavy atom. The zero-order valence-corrected chi connectivity index (χ0v) is 11.6. The summed E-state index contributed by atoms with van der Waals surface area (Å²) in [6, 6.07) is 9.61. The highest BCUT2D eigenvalue weighted by Crippen LogP contribution is 2.05. The van der Waals surface area contributed by atoms with E-state index in [2.05, 4.69) is 0 Å². The van der Waals surface area contributed by atoms with E-state index in [1.54, 1.807) is 18.9 Å². The number of nitrogens with zero attached hydrogens (tertiary/aromatic N) is 1. The predicted molar refractivity (Wildman–Crippen MR) is 71.9 cm³/mol. The first-order valence-electron chi connectivity index (χ1n) is 5.93. The van der Waals surface area contributed by atoms with Crippen LogP contribution in [0.1, 0.15) is 18.9 Å². The van der Waals surface area contributed by atoms with E-state index in [4.69, 9.17) is 0 Å². The molecule has 0 heterocycles. The molecule has 0 N–H and O–H groups in total. The Hall–Kier alpha value is -1.36. The summed E-state index contributed by atoms with van der Waals surface area (Å²) in [6.45, 7) is 2.10. The maximum Gasteiger partial charge on any atom is 0.223 e. The lowest BCUT2D eigenvalue weighted by molar-refractivity contribution is -0.130. The number of benzene rings is 1. The van der Waals surface area contributed by atoms with Crippen molar-refractivity contribution in [2.75, 3.05) is 18.6 Å². The van der Waals surface area contributed by atoms with Crippen LogP contribution in [0.25, 0.3) is 0 Å². The quantitative estimate of drug-likeness (QED) is 0.786. The molecule has 0 atom stereocenters. The molecule has 0 bridgehead atoms. The fourth-order valence-electron chi connectivity index (χ4n) is 1.52. The van der Waals surface area contributed by atoms with Gasteiger partial charge in [-0.3, -0.25) is 4.79 Å². The van der Waals surface area contributed by atoms with Crippen molar-refractivity contribution in [3.8, 4) is 0 Å². The number of amides is 1. The molecule has 0 aliphatic heterocycles. The first kappa shape index (κ1) is 14.7. The second-order valence-electron chi connectivity index (χ2n) is 4.22. The SMILES string of the molecule is CCS(=O)(=O)CCC(=O)N(C)Cc1ccccc1. The third kappa shape index (κ3) is 4.87. The zero-order chi connectivity index (χ0) is 13.6. The summed E-state index contributed by atoms with van der Waals surface area (Å²) >= 11 is 0. The number of sulfone groups is 1. The van der Waals surface area contributed by atoms with Crippen LogP contribution in [-0.2, 0) is 21.2 Å². The lowest BCUT2D eigenvalue weighted by Crippen LogP contribution is -2.28. The van der Waals surface area contributed by atoms with E-state index < -0.39 is 9.84 Å². The van der Waals surface area contributed by atoms with Crippen molar-refractivity contribution in [3.63, 3.8) is 0 Å². The largest absolute Gasteiger partial charge is 0.341 e. The van der Waals surface area contributed by atoms with Gasteiger partial charge in [-0.2, -0.15) is 0 Å². The summed E-state index contributed by atoms with van der Waals surface area (Å²) in [5, 5.41) is 0. The summed E-state index contributed by atoms with van der Waals surface area (Å²) in [6.07, 6.45) is 0.0551. The van der Waals surface area contributed by atoms with Gasteiger partial charge in [0.1, 0.15) is 0 Å². The highest BCUT2D eigenvalue weighted by molar-refractivity contribution is 7.91. The van der Waals surface area contributed by atoms with E-state index in [1.807, 2.05) is 30.3 Å². The van der Waals surface area contributed by atoms with Crippen molar-refractivity contribution in [1.82, 2.24) is 4.90 Å². The maximum atomic E-state index is 11.8. The maximum absolute atomic E-state index is 11.8. The van der Waals surface area contributed by atoms with Crippen LogP contribution in [0.5, 0.6) is 0 Å². The van der Waals surface area contributed by atoms with E-state index in [-0.39, 0.29) is 23.8 Å². The number of hydrogen-bond donors (Lipinski definition) is 0. The van der Waals surface area contributed by atoms with Crippen LogP contribution in [0, 0.1) is 0 Å². The van der Waals surface area contributed by atoms with Gasteiger partial charge in [0.05, 0.1) is 5.75 Å². The number of carbonyl (C=O) groups excluding carboxylic acids is 1. The molecule has 0 spiro atoms. The molecule has 0 fully saturated rings. The van der Waals surface area contributed by atoms with Gasteiger partial charge in [-0.25, -0.2) is 8.42 Å². The monoisotopic (exact) mass is 269 g/mol. The Kier molecular flexibility index (Phi) is 5.34. The summed E-state index contributed by atoms with van der Waals surface area (Å²) < 4.78 is 22.6. The minimum Gasteiger partial charge on any atom is -0.341 e. The molecule has 1 amide bonds. The minimum atomic E-state index is -3.07. The molecule has 5 heteroatoms. The summed E-state index contributed by atoms with van der Waals surface area (Å²) in [5.41, 5.74) is 1.03. The van der Waals surface area contributed by atoms with Gasteiger partial charge in [-0.05, 0) is 5.56 Å². The topological polar surface area (TPSA) is 54.5 Å². The van der Waals surface area contributed by atoms with Gasteiger partial charge >= 0.3 is 0 Å². The van der Waals surface area contributed by atoms with Crippen LogP contribution in [0.2, 0.25) is 0 Å². The van der Waals surface area contributed by atoms with Crippen LogP contribution < -0.4 is 0 Å². The van der Waals surface area contributed by atoms with E-state index >= 15 is 0 Å². The van der Waals surface area contributed by atoms with Crippen molar-refractivity contribution in [2.45, 2.75) is 19.9 Å². The molecular formula is C13H19NO3S. The Morgan fingerprint density at radius 1 is 1.22 bits per heavy atom. The average molecular weight is 269 g/mol. The number of hydrogen-bond acceptors (Lipinski definition) is 3. The Morgan fingerprint density at radius 3 is 2.39 bits per heavy atom. The molecule has 0 aromatic heterocycles. The van der Waals surface area contributed by atoms with Crippen LogP contribution in [0.4, 0.5) is 0 Å². The molecule has 0 unspecified atom stereocenters. The fourth-order valence-corrected chi connectivity index (χ4v) is 2.30. The molecule has 100 valence electrons. The first-order chi connectivity index (χ1) is 8.44. The standard InChI is InChI=1S/C13H19NO3S/c1-3-18(16,17)10-9-13(15)14(2)11-12-7-5-4-6-8-12/h4-8H,3,9-11H2,1-2H3. The third-order valence-electron chi connectivity index (χ3n) is 2.76. The van der Waals surface area contributed by atoms with Crippen molar-refractivity contribution in [2.24, 2.45) is 0 Å². The third-order valence-corrected chi connectivity index (χ3v) is 4.46. The molecule has 0 aliphatic rings. The van der Waals surface area contributed by atoms with Crippen molar-refractivity contribution < 1.29 is 13.2 Å². The smallest absolute Gasteiger partial charge is 0.223 e. The first-order valence-corrected chi connectivity index (χ1v) is 7.75. The Labute approximate surface area is 109 Å². The molecule has 1 rings (SSSR count). The fraction of sp³-hybridized carbons (Fsp3) is 0.462. The molecular weight excluding hydrogens is 250 g/mol. The zero-order valence-electron chi connectivity index (χ0n) is 10.8. The molecule has 0 radical (unpaired) electrons. The highest BCUT2D eigenvalue weighted by atomic mass is 32.2. The van der Waals surface area contributed by atoms with Crippen molar-refractivity contribution >= 4 is 15.7 Å². The van der Waals surface area contributed by atoms with Crippen molar-refractivity contribution in [3.05, 3.63) is 35.9 Å². The molecule has 1 aromatic carbocycles. The Balaban J connectivity index is 2.48. The summed E-state index contributed by atoms with van der Waals surface area (Å²) in [5.74, 6) is -0.125. The molecule has 0 saturated heterocycles. The van der Waals surface area contributed by atoms with Gasteiger partial charge < -0.3 is 4.90 Å². The second kappa shape index (κ2) is 6.54. The summed E-state index contributed by atoms with van der Waals surface area (Å²) in [4.78, 5) is 13.3. The minimum absolute atomic E-state index is 0.0551. The van der Waals surface area contributed by atoms with E-state index in [1.165, 1.54) is 0 Å². The lowest BCUT2D eigenvalue weighted by atomic mass is 10.2.